The predicted molar refractivity (Wildman–Crippen MR) is 76.2 cm³/mol. The number of carbonyl (C=O) groups is 1. The van der Waals surface area contributed by atoms with E-state index in [0.29, 0.717) is 11.8 Å². The number of benzene rings is 1. The summed E-state index contributed by atoms with van der Waals surface area (Å²) in [4.78, 5) is 12.2. The minimum Gasteiger partial charge on any atom is -0.349 e. The van der Waals surface area contributed by atoms with Gasteiger partial charge in [0.1, 0.15) is 0 Å². The van der Waals surface area contributed by atoms with Gasteiger partial charge in [-0.1, -0.05) is 12.1 Å². The molecule has 20 heavy (non-hydrogen) atoms. The van der Waals surface area contributed by atoms with Gasteiger partial charge >= 0.3 is 0 Å². The number of hydrogen-bond donors (Lipinski definition) is 1. The fourth-order valence-electron chi connectivity index (χ4n) is 2.63. The minimum atomic E-state index is -3.91. The van der Waals surface area contributed by atoms with Gasteiger partial charge in [-0.3, -0.25) is 4.79 Å². The summed E-state index contributed by atoms with van der Waals surface area (Å²) in [5.74, 6) is 0.783. The maximum Gasteiger partial charge on any atom is 0.262 e. The van der Waals surface area contributed by atoms with Crippen LogP contribution in [-0.2, 0) is 9.05 Å². The Kier molecular flexibility index (Phi) is 3.50. The lowest BCUT2D eigenvalue weighted by Crippen LogP contribution is -2.38. The first-order chi connectivity index (χ1) is 9.47. The summed E-state index contributed by atoms with van der Waals surface area (Å²) >= 11 is 0. The van der Waals surface area contributed by atoms with Crippen LogP contribution in [0.25, 0.3) is 0 Å². The lowest BCUT2D eigenvalue weighted by atomic mass is 10.1. The second kappa shape index (κ2) is 5.04. The normalized spacial score (nSPS) is 19.1. The van der Waals surface area contributed by atoms with Crippen LogP contribution >= 0.6 is 10.7 Å². The van der Waals surface area contributed by atoms with Crippen molar-refractivity contribution < 1.29 is 13.2 Å². The Hall–Kier alpha value is -1.07. The van der Waals surface area contributed by atoms with Gasteiger partial charge in [0, 0.05) is 16.7 Å². The molecule has 0 saturated heterocycles. The quantitative estimate of drug-likeness (QED) is 0.850. The Balaban J connectivity index is 1.83. The van der Waals surface area contributed by atoms with Crippen molar-refractivity contribution in [2.24, 2.45) is 11.8 Å². The third-order valence-corrected chi connectivity index (χ3v) is 5.33. The molecule has 2 aliphatic carbocycles. The molecule has 1 aromatic carbocycles. The van der Waals surface area contributed by atoms with Crippen LogP contribution in [0.3, 0.4) is 0 Å². The molecular formula is C14H16ClNO3S. The zero-order chi connectivity index (χ0) is 14.3. The second-order valence-corrected chi connectivity index (χ2v) is 8.14. The molecule has 2 aliphatic rings. The summed E-state index contributed by atoms with van der Waals surface area (Å²) in [5.41, 5.74) is 0.133. The van der Waals surface area contributed by atoms with Crippen molar-refractivity contribution in [3.63, 3.8) is 0 Å². The van der Waals surface area contributed by atoms with E-state index < -0.39 is 9.05 Å². The van der Waals surface area contributed by atoms with Crippen LogP contribution in [0.5, 0.6) is 0 Å². The fraction of sp³-hybridized carbons (Fsp3) is 0.500. The standard InChI is InChI=1S/C14H16ClNO3S/c15-20(18,19)12-4-2-1-3-11(12)14(17)16-13(9-5-6-9)10-7-8-10/h1-4,9-10,13H,5-8H2,(H,16,17). The van der Waals surface area contributed by atoms with Crippen molar-refractivity contribution in [2.75, 3.05) is 0 Å². The first-order valence-electron chi connectivity index (χ1n) is 6.81. The zero-order valence-corrected chi connectivity index (χ0v) is 12.5. The molecule has 3 rings (SSSR count). The van der Waals surface area contributed by atoms with Gasteiger partial charge < -0.3 is 5.32 Å². The van der Waals surface area contributed by atoms with Crippen LogP contribution in [-0.4, -0.2) is 20.4 Å². The summed E-state index contributed by atoms with van der Waals surface area (Å²) in [7, 11) is 1.47. The monoisotopic (exact) mass is 313 g/mol. The van der Waals surface area contributed by atoms with Gasteiger partial charge in [0.25, 0.3) is 15.0 Å². The lowest BCUT2D eigenvalue weighted by Gasteiger charge is -2.18. The van der Waals surface area contributed by atoms with Gasteiger partial charge in [0.15, 0.2) is 0 Å². The van der Waals surface area contributed by atoms with E-state index in [1.54, 1.807) is 12.1 Å². The average Bonchev–Trinajstić information content (AvgIpc) is 3.28. The van der Waals surface area contributed by atoms with Crippen LogP contribution in [0.1, 0.15) is 36.0 Å². The van der Waals surface area contributed by atoms with Crippen LogP contribution in [0.4, 0.5) is 0 Å². The van der Waals surface area contributed by atoms with Crippen LogP contribution in [0.2, 0.25) is 0 Å². The third kappa shape index (κ3) is 2.99. The van der Waals surface area contributed by atoms with Crippen molar-refractivity contribution >= 4 is 25.6 Å². The number of halogens is 1. The van der Waals surface area contributed by atoms with Crippen LogP contribution in [0, 0.1) is 11.8 Å². The Morgan fingerprint density at radius 1 is 1.15 bits per heavy atom. The second-order valence-electron chi connectivity index (χ2n) is 5.61. The molecule has 0 unspecified atom stereocenters. The van der Waals surface area contributed by atoms with Gasteiger partial charge in [-0.15, -0.1) is 0 Å². The van der Waals surface area contributed by atoms with Gasteiger partial charge in [-0.25, -0.2) is 8.42 Å². The molecule has 4 nitrogen and oxygen atoms in total. The van der Waals surface area contributed by atoms with Gasteiger partial charge in [0.2, 0.25) is 0 Å². The van der Waals surface area contributed by atoms with Crippen LogP contribution in [0.15, 0.2) is 29.2 Å². The Morgan fingerprint density at radius 3 is 2.20 bits per heavy atom. The molecule has 1 aromatic rings. The summed E-state index contributed by atoms with van der Waals surface area (Å²) in [6, 6.07) is 6.25. The number of rotatable bonds is 5. The molecule has 2 saturated carbocycles. The zero-order valence-electron chi connectivity index (χ0n) is 10.9. The summed E-state index contributed by atoms with van der Waals surface area (Å²) in [5, 5.41) is 3.01. The maximum absolute atomic E-state index is 12.4. The highest BCUT2D eigenvalue weighted by atomic mass is 35.7. The summed E-state index contributed by atoms with van der Waals surface area (Å²) in [6.07, 6.45) is 4.60. The third-order valence-electron chi connectivity index (χ3n) is 3.95. The highest BCUT2D eigenvalue weighted by Crippen LogP contribution is 2.44. The summed E-state index contributed by atoms with van der Waals surface area (Å²) < 4.78 is 23.0. The van der Waals surface area contributed by atoms with Gasteiger partial charge in [0.05, 0.1) is 10.5 Å². The molecule has 1 amide bonds. The molecule has 0 heterocycles. The maximum atomic E-state index is 12.4. The average molecular weight is 314 g/mol. The number of hydrogen-bond acceptors (Lipinski definition) is 3. The molecule has 6 heteroatoms. The largest absolute Gasteiger partial charge is 0.349 e. The molecule has 0 atom stereocenters. The molecule has 0 aromatic heterocycles. The van der Waals surface area contributed by atoms with E-state index >= 15 is 0 Å². The van der Waals surface area contributed by atoms with E-state index in [0.717, 1.165) is 25.7 Å². The van der Waals surface area contributed by atoms with Crippen molar-refractivity contribution in [3.8, 4) is 0 Å². The molecule has 2 fully saturated rings. The molecular weight excluding hydrogens is 298 g/mol. The van der Waals surface area contributed by atoms with Crippen molar-refractivity contribution in [1.29, 1.82) is 0 Å². The van der Waals surface area contributed by atoms with E-state index in [-0.39, 0.29) is 22.4 Å². The van der Waals surface area contributed by atoms with Crippen molar-refractivity contribution in [2.45, 2.75) is 36.6 Å². The Morgan fingerprint density at radius 2 is 1.70 bits per heavy atom. The lowest BCUT2D eigenvalue weighted by molar-refractivity contribution is 0.0923. The van der Waals surface area contributed by atoms with E-state index in [2.05, 4.69) is 5.32 Å². The molecule has 0 bridgehead atoms. The molecule has 0 aliphatic heterocycles. The van der Waals surface area contributed by atoms with E-state index in [1.165, 1.54) is 12.1 Å². The molecule has 108 valence electrons. The van der Waals surface area contributed by atoms with Gasteiger partial charge in [-0.2, -0.15) is 0 Å². The number of amides is 1. The van der Waals surface area contributed by atoms with E-state index in [9.17, 15) is 13.2 Å². The first kappa shape index (κ1) is 13.9. The highest BCUT2D eigenvalue weighted by Gasteiger charge is 2.42. The van der Waals surface area contributed by atoms with Crippen molar-refractivity contribution in [3.05, 3.63) is 29.8 Å². The fourth-order valence-corrected chi connectivity index (χ4v) is 3.70. The Bertz CT molecular complexity index is 624. The minimum absolute atomic E-state index is 0.121. The topological polar surface area (TPSA) is 63.2 Å². The molecule has 0 spiro atoms. The Labute approximate surface area is 122 Å². The molecule has 1 N–H and O–H groups in total. The number of nitrogens with one attached hydrogen (secondary N) is 1. The summed E-state index contributed by atoms with van der Waals surface area (Å²) in [6.45, 7) is 0. The van der Waals surface area contributed by atoms with E-state index in [4.69, 9.17) is 10.7 Å². The molecule has 0 radical (unpaired) electrons. The van der Waals surface area contributed by atoms with Crippen LogP contribution < -0.4 is 5.32 Å². The SMILES string of the molecule is O=C(NC(C1CC1)C1CC1)c1ccccc1S(=O)(=O)Cl. The van der Waals surface area contributed by atoms with Crippen molar-refractivity contribution in [1.82, 2.24) is 5.32 Å². The van der Waals surface area contributed by atoms with E-state index in [1.807, 2.05) is 0 Å². The number of carbonyl (C=O) groups excluding carboxylic acids is 1. The first-order valence-corrected chi connectivity index (χ1v) is 9.12. The van der Waals surface area contributed by atoms with Gasteiger partial charge in [-0.05, 0) is 49.7 Å². The highest BCUT2D eigenvalue weighted by molar-refractivity contribution is 8.13. The smallest absolute Gasteiger partial charge is 0.262 e. The predicted octanol–water partition coefficient (Wildman–Crippen LogP) is 2.53.